The molecule has 6 nitrogen and oxygen atoms in total. The molecular formula is C18H16O6. The van der Waals surface area contributed by atoms with Crippen molar-refractivity contribution in [2.45, 2.75) is 13.8 Å². The van der Waals surface area contributed by atoms with Gasteiger partial charge in [-0.2, -0.15) is 0 Å². The molecule has 0 fully saturated rings. The Morgan fingerprint density at radius 2 is 1.00 bits per heavy atom. The van der Waals surface area contributed by atoms with Gasteiger partial charge in [0.1, 0.15) is 0 Å². The molecule has 0 aliphatic rings. The van der Waals surface area contributed by atoms with Crippen LogP contribution in [0.25, 0.3) is 0 Å². The fourth-order valence-corrected chi connectivity index (χ4v) is 1.66. The lowest BCUT2D eigenvalue weighted by molar-refractivity contribution is -0.317. The largest absolute Gasteiger partial charge is 0.386 e. The Morgan fingerprint density at radius 1 is 0.667 bits per heavy atom. The van der Waals surface area contributed by atoms with Crippen LogP contribution in [0, 0.1) is 13.8 Å². The number of hydrogen-bond acceptors (Lipinski definition) is 6. The van der Waals surface area contributed by atoms with Gasteiger partial charge in [0.15, 0.2) is 0 Å². The molecular weight excluding hydrogens is 312 g/mol. The zero-order valence-electron chi connectivity index (χ0n) is 13.3. The topological polar surface area (TPSA) is 71.1 Å². The predicted octanol–water partition coefficient (Wildman–Crippen LogP) is 3.65. The maximum Gasteiger partial charge on any atom is 0.386 e. The van der Waals surface area contributed by atoms with Crippen molar-refractivity contribution in [3.63, 3.8) is 0 Å². The van der Waals surface area contributed by atoms with Crippen LogP contribution >= 0.6 is 0 Å². The first-order valence-corrected chi connectivity index (χ1v) is 7.05. The van der Waals surface area contributed by atoms with E-state index in [1.165, 1.54) is 0 Å². The summed E-state index contributed by atoms with van der Waals surface area (Å²) < 4.78 is 0. The van der Waals surface area contributed by atoms with Gasteiger partial charge in [-0.1, -0.05) is 35.4 Å². The van der Waals surface area contributed by atoms with Crippen LogP contribution in [-0.4, -0.2) is 11.9 Å². The molecule has 24 heavy (non-hydrogen) atoms. The van der Waals surface area contributed by atoms with Crippen LogP contribution in [0.5, 0.6) is 0 Å². The molecule has 0 unspecified atom stereocenters. The Morgan fingerprint density at radius 3 is 1.33 bits per heavy atom. The average Bonchev–Trinajstić information content (AvgIpc) is 2.58. The third-order valence-corrected chi connectivity index (χ3v) is 3.00. The van der Waals surface area contributed by atoms with Crippen molar-refractivity contribution < 1.29 is 29.1 Å². The van der Waals surface area contributed by atoms with Crippen molar-refractivity contribution in [2.24, 2.45) is 0 Å². The molecule has 2 aromatic carbocycles. The van der Waals surface area contributed by atoms with Crippen LogP contribution in [0.2, 0.25) is 0 Å². The third kappa shape index (κ3) is 4.88. The first-order valence-electron chi connectivity index (χ1n) is 7.05. The highest BCUT2D eigenvalue weighted by Crippen LogP contribution is 2.09. The Labute approximate surface area is 139 Å². The van der Waals surface area contributed by atoms with Crippen LogP contribution in [0.4, 0.5) is 0 Å². The van der Waals surface area contributed by atoms with Gasteiger partial charge in [0.25, 0.3) is 0 Å². The van der Waals surface area contributed by atoms with Gasteiger partial charge in [0, 0.05) is 0 Å². The highest BCUT2D eigenvalue weighted by Gasteiger charge is 2.13. The van der Waals surface area contributed by atoms with E-state index in [9.17, 15) is 9.59 Å². The van der Waals surface area contributed by atoms with E-state index in [-0.39, 0.29) is 0 Å². The minimum absolute atomic E-state index is 0.296. The summed E-state index contributed by atoms with van der Waals surface area (Å²) in [5.74, 6) is -1.95. The molecule has 0 aliphatic heterocycles. The smallest absolute Gasteiger partial charge is 0.243 e. The van der Waals surface area contributed by atoms with Crippen LogP contribution in [-0.2, 0) is 19.6 Å². The maximum atomic E-state index is 11.7. The summed E-state index contributed by atoms with van der Waals surface area (Å²) >= 11 is 0. The van der Waals surface area contributed by atoms with E-state index in [4.69, 9.17) is 0 Å². The van der Waals surface area contributed by atoms with Crippen molar-refractivity contribution in [3.05, 3.63) is 83.3 Å². The van der Waals surface area contributed by atoms with Gasteiger partial charge in [-0.3, -0.25) is 0 Å². The molecule has 0 spiro atoms. The van der Waals surface area contributed by atoms with E-state index in [0.717, 1.165) is 11.1 Å². The maximum absolute atomic E-state index is 11.7. The van der Waals surface area contributed by atoms with E-state index < -0.39 is 17.9 Å². The van der Waals surface area contributed by atoms with Crippen LogP contribution in [0.1, 0.15) is 31.8 Å². The summed E-state index contributed by atoms with van der Waals surface area (Å²) in [6, 6.07) is 13.4. The lowest BCUT2D eigenvalue weighted by Gasteiger charge is -2.07. The quantitative estimate of drug-likeness (QED) is 0.458. The van der Waals surface area contributed by atoms with Gasteiger partial charge in [0.2, 0.25) is 0 Å². The lowest BCUT2D eigenvalue weighted by Crippen LogP contribution is -2.10. The molecule has 0 N–H and O–H groups in total. The molecule has 0 saturated carbocycles. The van der Waals surface area contributed by atoms with Gasteiger partial charge >= 0.3 is 17.9 Å². The second kappa shape index (κ2) is 7.82. The summed E-state index contributed by atoms with van der Waals surface area (Å²) in [6.07, 6.45) is 0. The minimum atomic E-state index is -0.732. The second-order valence-electron chi connectivity index (χ2n) is 5.01. The molecule has 0 aromatic heterocycles. The van der Waals surface area contributed by atoms with Gasteiger partial charge in [-0.15, -0.1) is 0 Å². The zero-order valence-corrected chi connectivity index (χ0v) is 13.3. The fourth-order valence-electron chi connectivity index (χ4n) is 1.66. The number of benzene rings is 2. The van der Waals surface area contributed by atoms with Crippen LogP contribution in [0.3, 0.4) is 0 Å². The third-order valence-electron chi connectivity index (χ3n) is 3.00. The molecule has 0 radical (unpaired) electrons. The van der Waals surface area contributed by atoms with Crippen molar-refractivity contribution >= 4 is 11.9 Å². The fraction of sp³-hybridized carbons (Fsp3) is 0.111. The number of carbonyl (C=O) groups is 2. The van der Waals surface area contributed by atoms with Gasteiger partial charge in [-0.25, -0.2) is 29.1 Å². The Kier molecular flexibility index (Phi) is 5.57. The molecule has 0 heterocycles. The number of carbonyl (C=O) groups excluding carboxylic acids is 2. The minimum Gasteiger partial charge on any atom is -0.243 e. The van der Waals surface area contributed by atoms with Crippen LogP contribution < -0.4 is 0 Å². The first-order chi connectivity index (χ1) is 11.5. The highest BCUT2D eigenvalue weighted by molar-refractivity contribution is 5.89. The van der Waals surface area contributed by atoms with E-state index >= 15 is 0 Å². The number of hydrogen-bond donors (Lipinski definition) is 0. The Bertz CT molecular complexity index is 668. The van der Waals surface area contributed by atoms with Crippen molar-refractivity contribution in [1.29, 1.82) is 0 Å². The van der Waals surface area contributed by atoms with Crippen molar-refractivity contribution in [2.75, 3.05) is 0 Å². The van der Waals surface area contributed by atoms with Crippen LogP contribution in [0.15, 0.2) is 61.1 Å². The van der Waals surface area contributed by atoms with Gasteiger partial charge in [0.05, 0.1) is 11.1 Å². The molecule has 0 saturated heterocycles. The molecule has 2 aromatic rings. The van der Waals surface area contributed by atoms with E-state index in [1.807, 2.05) is 13.8 Å². The molecule has 0 amide bonds. The zero-order chi connectivity index (χ0) is 17.5. The standard InChI is InChI=1S/C18H16O6/c1-12-4-8-15(9-5-12)17(19)23-21-14(3)22-24-18(20)16-10-6-13(2)7-11-16/h4-11H,3H2,1-2H3. The predicted molar refractivity (Wildman–Crippen MR) is 84.5 cm³/mol. The average molecular weight is 328 g/mol. The number of aryl methyl sites for hydroxylation is 2. The summed E-state index contributed by atoms with van der Waals surface area (Å²) in [7, 11) is 0. The summed E-state index contributed by atoms with van der Waals surface area (Å²) in [4.78, 5) is 41.6. The van der Waals surface area contributed by atoms with E-state index in [1.54, 1.807) is 48.5 Å². The Balaban J connectivity index is 1.77. The molecule has 2 rings (SSSR count). The molecule has 0 bridgehead atoms. The van der Waals surface area contributed by atoms with Gasteiger partial charge in [-0.05, 0) is 44.7 Å². The molecule has 124 valence electrons. The summed E-state index contributed by atoms with van der Waals surface area (Å²) in [5.41, 5.74) is 2.60. The first kappa shape index (κ1) is 17.1. The number of rotatable bonds is 6. The second-order valence-corrected chi connectivity index (χ2v) is 5.01. The SMILES string of the molecule is C=C(OOC(=O)c1ccc(C)cc1)OOC(=O)c1ccc(C)cc1. The molecule has 0 atom stereocenters. The van der Waals surface area contributed by atoms with Crippen molar-refractivity contribution in [3.8, 4) is 0 Å². The summed E-state index contributed by atoms with van der Waals surface area (Å²) in [6.45, 7) is 7.10. The molecule has 6 heteroatoms. The van der Waals surface area contributed by atoms with E-state index in [0.29, 0.717) is 11.1 Å². The summed E-state index contributed by atoms with van der Waals surface area (Å²) in [5, 5.41) is 0. The van der Waals surface area contributed by atoms with Crippen molar-refractivity contribution in [1.82, 2.24) is 0 Å². The van der Waals surface area contributed by atoms with Gasteiger partial charge < -0.3 is 0 Å². The lowest BCUT2D eigenvalue weighted by atomic mass is 10.2. The monoisotopic (exact) mass is 328 g/mol. The molecule has 0 aliphatic carbocycles. The van der Waals surface area contributed by atoms with E-state index in [2.05, 4.69) is 26.1 Å². The normalized spacial score (nSPS) is 9.75. The highest BCUT2D eigenvalue weighted by atomic mass is 17.3. The Hall–Kier alpha value is -3.28.